The number of aromatic nitrogens is 3. The maximum atomic E-state index is 11.5. The van der Waals surface area contributed by atoms with Gasteiger partial charge in [0.1, 0.15) is 5.82 Å². The van der Waals surface area contributed by atoms with Crippen molar-refractivity contribution in [2.24, 2.45) is 0 Å². The minimum atomic E-state index is -0.363. The SMILES string of the molecule is COC(=O)c1ccn2c(C3CCOCC3)nnc2c1. The minimum Gasteiger partial charge on any atom is -0.465 e. The minimum absolute atomic E-state index is 0.363. The maximum Gasteiger partial charge on any atom is 0.338 e. The molecule has 1 saturated heterocycles. The molecule has 0 amide bonds. The normalized spacial score (nSPS) is 16.7. The third kappa shape index (κ3) is 2.19. The lowest BCUT2D eigenvalue weighted by Gasteiger charge is -2.20. The molecule has 0 aromatic carbocycles. The van der Waals surface area contributed by atoms with Crippen LogP contribution in [0.4, 0.5) is 0 Å². The summed E-state index contributed by atoms with van der Waals surface area (Å²) in [5.41, 5.74) is 1.16. The van der Waals surface area contributed by atoms with Crippen molar-refractivity contribution in [3.05, 3.63) is 29.7 Å². The highest BCUT2D eigenvalue weighted by Crippen LogP contribution is 2.25. The molecule has 0 saturated carbocycles. The first-order valence-electron chi connectivity index (χ1n) is 6.30. The van der Waals surface area contributed by atoms with Crippen LogP contribution in [0.25, 0.3) is 5.65 Å². The van der Waals surface area contributed by atoms with Crippen molar-refractivity contribution >= 4 is 11.6 Å². The molecular formula is C13H15N3O3. The second-order valence-corrected chi connectivity index (χ2v) is 4.58. The van der Waals surface area contributed by atoms with Gasteiger partial charge in [0.05, 0.1) is 12.7 Å². The van der Waals surface area contributed by atoms with Crippen LogP contribution >= 0.6 is 0 Å². The summed E-state index contributed by atoms with van der Waals surface area (Å²) in [6, 6.07) is 3.42. The molecule has 6 heteroatoms. The summed E-state index contributed by atoms with van der Waals surface area (Å²) in [4.78, 5) is 11.5. The molecule has 0 radical (unpaired) electrons. The Morgan fingerprint density at radius 2 is 2.21 bits per heavy atom. The van der Waals surface area contributed by atoms with E-state index in [0.717, 1.165) is 31.9 Å². The largest absolute Gasteiger partial charge is 0.465 e. The van der Waals surface area contributed by atoms with E-state index < -0.39 is 0 Å². The first-order valence-corrected chi connectivity index (χ1v) is 6.30. The maximum absolute atomic E-state index is 11.5. The Labute approximate surface area is 110 Å². The summed E-state index contributed by atoms with van der Waals surface area (Å²) in [7, 11) is 1.36. The van der Waals surface area contributed by atoms with Crippen molar-refractivity contribution in [3.8, 4) is 0 Å². The molecule has 2 aromatic heterocycles. The molecule has 0 bridgehead atoms. The Morgan fingerprint density at radius 1 is 1.42 bits per heavy atom. The van der Waals surface area contributed by atoms with E-state index >= 15 is 0 Å². The van der Waals surface area contributed by atoms with E-state index in [0.29, 0.717) is 17.1 Å². The number of ether oxygens (including phenoxy) is 2. The van der Waals surface area contributed by atoms with Crippen LogP contribution < -0.4 is 0 Å². The van der Waals surface area contributed by atoms with Crippen LogP contribution in [0.5, 0.6) is 0 Å². The van der Waals surface area contributed by atoms with Gasteiger partial charge in [-0.1, -0.05) is 0 Å². The van der Waals surface area contributed by atoms with E-state index in [2.05, 4.69) is 10.2 Å². The number of hydrogen-bond acceptors (Lipinski definition) is 5. The third-order valence-electron chi connectivity index (χ3n) is 3.44. The van der Waals surface area contributed by atoms with Crippen LogP contribution in [0.2, 0.25) is 0 Å². The van der Waals surface area contributed by atoms with Gasteiger partial charge >= 0.3 is 5.97 Å². The topological polar surface area (TPSA) is 65.7 Å². The van der Waals surface area contributed by atoms with Crippen molar-refractivity contribution in [2.75, 3.05) is 20.3 Å². The molecular weight excluding hydrogens is 246 g/mol. The zero-order valence-electron chi connectivity index (χ0n) is 10.7. The van der Waals surface area contributed by atoms with Gasteiger partial charge < -0.3 is 9.47 Å². The lowest BCUT2D eigenvalue weighted by atomic mass is 9.99. The number of carbonyl (C=O) groups is 1. The molecule has 2 aromatic rings. The smallest absolute Gasteiger partial charge is 0.338 e. The molecule has 6 nitrogen and oxygen atoms in total. The highest BCUT2D eigenvalue weighted by atomic mass is 16.5. The molecule has 0 aliphatic carbocycles. The summed E-state index contributed by atoms with van der Waals surface area (Å²) in [6.45, 7) is 1.53. The average Bonchev–Trinajstić information content (AvgIpc) is 2.90. The summed E-state index contributed by atoms with van der Waals surface area (Å²) in [6.07, 6.45) is 3.74. The Morgan fingerprint density at radius 3 is 2.95 bits per heavy atom. The van der Waals surface area contributed by atoms with Crippen LogP contribution in [0, 0.1) is 0 Å². The van der Waals surface area contributed by atoms with Gasteiger partial charge in [-0.2, -0.15) is 0 Å². The van der Waals surface area contributed by atoms with E-state index in [1.54, 1.807) is 12.1 Å². The van der Waals surface area contributed by atoms with Gasteiger partial charge in [-0.15, -0.1) is 10.2 Å². The van der Waals surface area contributed by atoms with Crippen molar-refractivity contribution in [1.29, 1.82) is 0 Å². The van der Waals surface area contributed by atoms with Gasteiger partial charge in [0.2, 0.25) is 0 Å². The zero-order valence-corrected chi connectivity index (χ0v) is 10.7. The molecule has 0 unspecified atom stereocenters. The molecule has 19 heavy (non-hydrogen) atoms. The molecule has 1 aliphatic heterocycles. The van der Waals surface area contributed by atoms with Gasteiger partial charge in [0.25, 0.3) is 0 Å². The van der Waals surface area contributed by atoms with Crippen molar-refractivity contribution < 1.29 is 14.3 Å². The lowest BCUT2D eigenvalue weighted by molar-refractivity contribution is 0.0600. The predicted octanol–water partition coefficient (Wildman–Crippen LogP) is 1.41. The van der Waals surface area contributed by atoms with Gasteiger partial charge in [0.15, 0.2) is 5.65 Å². The number of methoxy groups -OCH3 is 1. The lowest BCUT2D eigenvalue weighted by Crippen LogP contribution is -2.16. The van der Waals surface area contributed by atoms with E-state index in [1.807, 2.05) is 10.6 Å². The molecule has 0 N–H and O–H groups in total. The zero-order chi connectivity index (χ0) is 13.2. The molecule has 3 heterocycles. The van der Waals surface area contributed by atoms with Gasteiger partial charge in [-0.25, -0.2) is 4.79 Å². The molecule has 0 spiro atoms. The molecule has 3 rings (SSSR count). The highest BCUT2D eigenvalue weighted by Gasteiger charge is 2.21. The molecule has 100 valence electrons. The van der Waals surface area contributed by atoms with Crippen LogP contribution in [0.1, 0.15) is 34.9 Å². The number of carbonyl (C=O) groups excluding carboxylic acids is 1. The molecule has 1 fully saturated rings. The number of nitrogens with zero attached hydrogens (tertiary/aromatic N) is 3. The fourth-order valence-electron chi connectivity index (χ4n) is 2.39. The summed E-state index contributed by atoms with van der Waals surface area (Å²) in [5, 5.41) is 8.39. The summed E-state index contributed by atoms with van der Waals surface area (Å²) < 4.78 is 12.0. The monoisotopic (exact) mass is 261 g/mol. The Hall–Kier alpha value is -1.95. The number of pyridine rings is 1. The Bertz CT molecular complexity index is 602. The number of fused-ring (bicyclic) bond motifs is 1. The fourth-order valence-corrected chi connectivity index (χ4v) is 2.39. The summed E-state index contributed by atoms with van der Waals surface area (Å²) >= 11 is 0. The van der Waals surface area contributed by atoms with E-state index in [9.17, 15) is 4.79 Å². The van der Waals surface area contributed by atoms with Gasteiger partial charge in [-0.05, 0) is 25.0 Å². The number of esters is 1. The van der Waals surface area contributed by atoms with E-state index in [1.165, 1.54) is 7.11 Å². The second kappa shape index (κ2) is 4.97. The standard InChI is InChI=1S/C13H15N3O3/c1-18-13(17)10-2-5-16-11(8-10)14-15-12(16)9-3-6-19-7-4-9/h2,5,8-9H,3-4,6-7H2,1H3. The number of rotatable bonds is 2. The number of hydrogen-bond donors (Lipinski definition) is 0. The second-order valence-electron chi connectivity index (χ2n) is 4.58. The quantitative estimate of drug-likeness (QED) is 0.765. The Balaban J connectivity index is 1.97. The first kappa shape index (κ1) is 12.1. The predicted molar refractivity (Wildman–Crippen MR) is 67.1 cm³/mol. The first-order chi connectivity index (χ1) is 9.29. The van der Waals surface area contributed by atoms with E-state index in [-0.39, 0.29) is 5.97 Å². The molecule has 0 atom stereocenters. The van der Waals surface area contributed by atoms with Crippen LogP contribution in [0.3, 0.4) is 0 Å². The Kier molecular flexibility index (Phi) is 3.16. The van der Waals surface area contributed by atoms with Crippen LogP contribution in [-0.2, 0) is 9.47 Å². The fraction of sp³-hybridized carbons (Fsp3) is 0.462. The van der Waals surface area contributed by atoms with Crippen molar-refractivity contribution in [3.63, 3.8) is 0 Å². The van der Waals surface area contributed by atoms with Gasteiger partial charge in [0, 0.05) is 25.3 Å². The van der Waals surface area contributed by atoms with Crippen LogP contribution in [-0.4, -0.2) is 40.9 Å². The van der Waals surface area contributed by atoms with Gasteiger partial charge in [-0.3, -0.25) is 4.40 Å². The van der Waals surface area contributed by atoms with Crippen LogP contribution in [0.15, 0.2) is 18.3 Å². The van der Waals surface area contributed by atoms with Crippen molar-refractivity contribution in [1.82, 2.24) is 14.6 Å². The molecule has 1 aliphatic rings. The summed E-state index contributed by atoms with van der Waals surface area (Å²) in [5.74, 6) is 0.945. The van der Waals surface area contributed by atoms with E-state index in [4.69, 9.17) is 9.47 Å². The third-order valence-corrected chi connectivity index (χ3v) is 3.44. The average molecular weight is 261 g/mol. The van der Waals surface area contributed by atoms with Crippen molar-refractivity contribution in [2.45, 2.75) is 18.8 Å². The highest BCUT2D eigenvalue weighted by molar-refractivity contribution is 5.90.